The third kappa shape index (κ3) is 2.78. The van der Waals surface area contributed by atoms with Gasteiger partial charge in [0.05, 0.1) is 0 Å². The number of sulfonamides is 2. The van der Waals surface area contributed by atoms with Crippen molar-refractivity contribution >= 4 is 37.2 Å². The summed E-state index contributed by atoms with van der Waals surface area (Å²) in [5, 5.41) is 1.73. The minimum Gasteiger partial charge on any atom is -0.353 e. The number of hydrogen-bond donors (Lipinski definition) is 0. The minimum absolute atomic E-state index is 0.207. The van der Waals surface area contributed by atoms with Crippen LogP contribution >= 0.6 is 11.3 Å². The van der Waals surface area contributed by atoms with Crippen molar-refractivity contribution in [2.24, 2.45) is 4.40 Å². The largest absolute Gasteiger partial charge is 0.353 e. The van der Waals surface area contributed by atoms with Gasteiger partial charge in [-0.15, -0.1) is 15.7 Å². The summed E-state index contributed by atoms with van der Waals surface area (Å²) in [6.07, 6.45) is 0. The molecule has 0 atom stereocenters. The standard InChI is InChI=1S/C15H15N3O4S3/c19-24(20)13-5-2-1-4-12(13)15(16-24)17-7-9-18(10-8-17)25(21,22)14-6-3-11-23-14/h1-6,11H,7-10H2. The third-order valence-corrected chi connectivity index (χ3v) is 8.84. The third-order valence-electron chi connectivity index (χ3n) is 4.24. The Labute approximate surface area is 150 Å². The first-order valence-electron chi connectivity index (χ1n) is 7.62. The van der Waals surface area contributed by atoms with E-state index in [-0.39, 0.29) is 4.90 Å². The molecule has 0 radical (unpaired) electrons. The van der Waals surface area contributed by atoms with E-state index in [1.165, 1.54) is 15.6 Å². The van der Waals surface area contributed by atoms with Crippen molar-refractivity contribution < 1.29 is 16.8 Å². The highest BCUT2D eigenvalue weighted by atomic mass is 32.2. The van der Waals surface area contributed by atoms with Gasteiger partial charge in [-0.3, -0.25) is 0 Å². The number of benzene rings is 1. The fraction of sp³-hybridized carbons (Fsp3) is 0.267. The molecule has 0 aliphatic carbocycles. The molecule has 0 bridgehead atoms. The topological polar surface area (TPSA) is 87.1 Å². The normalized spacial score (nSPS) is 20.3. The monoisotopic (exact) mass is 397 g/mol. The molecule has 1 aromatic heterocycles. The molecular weight excluding hydrogens is 382 g/mol. The zero-order chi connectivity index (χ0) is 17.7. The number of hydrogen-bond acceptors (Lipinski definition) is 6. The van der Waals surface area contributed by atoms with Crippen LogP contribution in [0.25, 0.3) is 0 Å². The average Bonchev–Trinajstić information content (AvgIpc) is 3.23. The highest BCUT2D eigenvalue weighted by Crippen LogP contribution is 2.29. The first kappa shape index (κ1) is 16.7. The van der Waals surface area contributed by atoms with Gasteiger partial charge in [0.15, 0.2) is 5.84 Å². The van der Waals surface area contributed by atoms with Crippen LogP contribution < -0.4 is 0 Å². The summed E-state index contributed by atoms with van der Waals surface area (Å²) in [6.45, 7) is 1.38. The van der Waals surface area contributed by atoms with Gasteiger partial charge in [-0.1, -0.05) is 18.2 Å². The minimum atomic E-state index is -3.67. The molecule has 132 valence electrons. The van der Waals surface area contributed by atoms with Gasteiger partial charge in [0.2, 0.25) is 0 Å². The number of rotatable bonds is 2. The quantitative estimate of drug-likeness (QED) is 0.760. The van der Waals surface area contributed by atoms with Crippen molar-refractivity contribution in [3.8, 4) is 0 Å². The second-order valence-electron chi connectivity index (χ2n) is 5.71. The summed E-state index contributed by atoms with van der Waals surface area (Å²) in [7, 11) is -7.15. The lowest BCUT2D eigenvalue weighted by Gasteiger charge is -2.34. The molecule has 1 aromatic carbocycles. The summed E-state index contributed by atoms with van der Waals surface area (Å²) < 4.78 is 55.1. The van der Waals surface area contributed by atoms with E-state index in [0.29, 0.717) is 41.8 Å². The van der Waals surface area contributed by atoms with Crippen LogP contribution in [-0.2, 0) is 20.0 Å². The van der Waals surface area contributed by atoms with Crippen LogP contribution in [0.2, 0.25) is 0 Å². The molecule has 2 aliphatic heterocycles. The van der Waals surface area contributed by atoms with Crippen LogP contribution in [0, 0.1) is 0 Å². The highest BCUT2D eigenvalue weighted by molar-refractivity contribution is 7.91. The van der Waals surface area contributed by atoms with E-state index < -0.39 is 20.0 Å². The Balaban J connectivity index is 1.56. The second kappa shape index (κ2) is 5.90. The molecule has 2 aliphatic rings. The van der Waals surface area contributed by atoms with Crippen molar-refractivity contribution in [2.45, 2.75) is 9.10 Å². The van der Waals surface area contributed by atoms with Crippen molar-refractivity contribution in [1.82, 2.24) is 9.21 Å². The Kier molecular flexibility index (Phi) is 3.95. The first-order chi connectivity index (χ1) is 11.9. The Morgan fingerprint density at radius 1 is 1.00 bits per heavy atom. The molecule has 0 N–H and O–H groups in total. The molecule has 3 heterocycles. The Bertz CT molecular complexity index is 1040. The van der Waals surface area contributed by atoms with E-state index in [1.807, 2.05) is 4.90 Å². The molecule has 0 saturated carbocycles. The van der Waals surface area contributed by atoms with Crippen LogP contribution in [0.4, 0.5) is 0 Å². The van der Waals surface area contributed by atoms with E-state index in [1.54, 1.807) is 41.8 Å². The van der Waals surface area contributed by atoms with E-state index >= 15 is 0 Å². The molecule has 4 rings (SSSR count). The van der Waals surface area contributed by atoms with Crippen LogP contribution in [0.5, 0.6) is 0 Å². The lowest BCUT2D eigenvalue weighted by atomic mass is 10.2. The molecule has 7 nitrogen and oxygen atoms in total. The molecule has 0 unspecified atom stereocenters. The molecule has 0 amide bonds. The van der Waals surface area contributed by atoms with E-state index in [2.05, 4.69) is 4.40 Å². The van der Waals surface area contributed by atoms with Gasteiger partial charge in [-0.05, 0) is 23.6 Å². The lowest BCUT2D eigenvalue weighted by Crippen LogP contribution is -2.50. The molecule has 2 aromatic rings. The van der Waals surface area contributed by atoms with Crippen LogP contribution in [0.1, 0.15) is 5.56 Å². The lowest BCUT2D eigenvalue weighted by molar-refractivity contribution is 0.267. The predicted molar refractivity (Wildman–Crippen MR) is 94.8 cm³/mol. The maximum Gasteiger partial charge on any atom is 0.285 e. The number of amidine groups is 1. The summed E-state index contributed by atoms with van der Waals surface area (Å²) >= 11 is 1.19. The molecule has 0 spiro atoms. The van der Waals surface area contributed by atoms with E-state index in [9.17, 15) is 16.8 Å². The number of piperazine rings is 1. The SMILES string of the molecule is O=S1(=O)N=C(N2CCN(S(=O)(=O)c3cccs3)CC2)c2ccccc21. The van der Waals surface area contributed by atoms with Gasteiger partial charge < -0.3 is 4.90 Å². The Hall–Kier alpha value is -1.75. The summed E-state index contributed by atoms with van der Waals surface area (Å²) in [5.74, 6) is 0.406. The van der Waals surface area contributed by atoms with Gasteiger partial charge in [-0.2, -0.15) is 12.7 Å². The van der Waals surface area contributed by atoms with Gasteiger partial charge in [-0.25, -0.2) is 8.42 Å². The molecular formula is C15H15N3O4S3. The average molecular weight is 398 g/mol. The maximum absolute atomic E-state index is 12.6. The van der Waals surface area contributed by atoms with Gasteiger partial charge in [0.1, 0.15) is 9.10 Å². The van der Waals surface area contributed by atoms with Crippen LogP contribution in [-0.4, -0.2) is 58.1 Å². The highest BCUT2D eigenvalue weighted by Gasteiger charge is 2.35. The fourth-order valence-corrected chi connectivity index (χ4v) is 6.79. The van der Waals surface area contributed by atoms with Crippen molar-refractivity contribution in [3.63, 3.8) is 0 Å². The van der Waals surface area contributed by atoms with Crippen LogP contribution in [0.15, 0.2) is 55.3 Å². The summed E-state index contributed by atoms with van der Waals surface area (Å²) in [4.78, 5) is 2.04. The van der Waals surface area contributed by atoms with Crippen molar-refractivity contribution in [3.05, 3.63) is 47.3 Å². The van der Waals surface area contributed by atoms with Crippen molar-refractivity contribution in [2.75, 3.05) is 26.2 Å². The molecule has 1 fully saturated rings. The van der Waals surface area contributed by atoms with Crippen LogP contribution in [0.3, 0.4) is 0 Å². The van der Waals surface area contributed by atoms with E-state index in [0.717, 1.165) is 0 Å². The summed E-state index contributed by atoms with van der Waals surface area (Å²) in [5.41, 5.74) is 0.581. The number of nitrogens with zero attached hydrogens (tertiary/aromatic N) is 3. The zero-order valence-corrected chi connectivity index (χ0v) is 15.5. The zero-order valence-electron chi connectivity index (χ0n) is 13.1. The number of fused-ring (bicyclic) bond motifs is 1. The second-order valence-corrected chi connectivity index (χ2v) is 10.4. The van der Waals surface area contributed by atoms with E-state index in [4.69, 9.17) is 0 Å². The Morgan fingerprint density at radius 3 is 2.40 bits per heavy atom. The summed E-state index contributed by atoms with van der Waals surface area (Å²) in [6, 6.07) is 10.0. The predicted octanol–water partition coefficient (Wildman–Crippen LogP) is 1.20. The fourth-order valence-electron chi connectivity index (χ4n) is 2.99. The van der Waals surface area contributed by atoms with Gasteiger partial charge in [0.25, 0.3) is 20.0 Å². The molecule has 10 heteroatoms. The van der Waals surface area contributed by atoms with Crippen molar-refractivity contribution in [1.29, 1.82) is 0 Å². The molecule has 1 saturated heterocycles. The number of thiophene rings is 1. The molecule has 25 heavy (non-hydrogen) atoms. The first-order valence-corrected chi connectivity index (χ1v) is 11.4. The van der Waals surface area contributed by atoms with Gasteiger partial charge >= 0.3 is 0 Å². The maximum atomic E-state index is 12.6. The Morgan fingerprint density at radius 2 is 1.72 bits per heavy atom. The smallest absolute Gasteiger partial charge is 0.285 e. The van der Waals surface area contributed by atoms with Gasteiger partial charge in [0, 0.05) is 31.7 Å².